The van der Waals surface area contributed by atoms with Crippen LogP contribution in [0.2, 0.25) is 0 Å². The predicted molar refractivity (Wildman–Crippen MR) is 69.8 cm³/mol. The van der Waals surface area contributed by atoms with Crippen molar-refractivity contribution in [2.75, 3.05) is 0 Å². The van der Waals surface area contributed by atoms with Gasteiger partial charge in [-0.2, -0.15) is 0 Å². The maximum atomic E-state index is 11.6. The summed E-state index contributed by atoms with van der Waals surface area (Å²) in [5.74, 6) is 0.356. The minimum atomic E-state index is -0.800. The summed E-state index contributed by atoms with van der Waals surface area (Å²) in [7, 11) is 0. The van der Waals surface area contributed by atoms with Gasteiger partial charge in [-0.25, -0.2) is 0 Å². The molecule has 0 atom stereocenters. The van der Waals surface area contributed by atoms with Crippen LogP contribution in [0.25, 0.3) is 0 Å². The number of carbonyl (C=O) groups is 1. The molecule has 0 unspecified atom stereocenters. The van der Waals surface area contributed by atoms with Crippen molar-refractivity contribution >= 4 is 21.8 Å². The second kappa shape index (κ2) is 5.08. The monoisotopic (exact) mass is 297 g/mol. The molecule has 2 N–H and O–H groups in total. The molecule has 0 radical (unpaired) electrons. The van der Waals surface area contributed by atoms with E-state index in [0.29, 0.717) is 5.75 Å². The first-order valence-electron chi connectivity index (χ1n) is 5.87. The highest BCUT2D eigenvalue weighted by Crippen LogP contribution is 2.33. The Balaban J connectivity index is 2.17. The maximum Gasteiger partial charge on any atom is 0.261 e. The van der Waals surface area contributed by atoms with Crippen molar-refractivity contribution in [2.24, 2.45) is 5.73 Å². The summed E-state index contributed by atoms with van der Waals surface area (Å²) in [4.78, 5) is 11.6. The quantitative estimate of drug-likeness (QED) is 0.932. The molecular weight excluding hydrogens is 282 g/mol. The van der Waals surface area contributed by atoms with Gasteiger partial charge >= 0.3 is 0 Å². The first-order chi connectivity index (χ1) is 8.12. The minimum Gasteiger partial charge on any atom is -0.477 e. The van der Waals surface area contributed by atoms with Crippen molar-refractivity contribution in [2.45, 2.75) is 37.7 Å². The molecule has 0 saturated heterocycles. The minimum absolute atomic E-state index is 0.347. The van der Waals surface area contributed by atoms with E-state index in [9.17, 15) is 4.79 Å². The molecule has 3 nitrogen and oxygen atoms in total. The molecule has 2 rings (SSSR count). The molecule has 17 heavy (non-hydrogen) atoms. The lowest BCUT2D eigenvalue weighted by atomic mass is 9.84. The third-order valence-electron chi connectivity index (χ3n) is 3.24. The van der Waals surface area contributed by atoms with Crippen LogP contribution in [0.1, 0.15) is 32.1 Å². The molecule has 0 aliphatic heterocycles. The summed E-state index contributed by atoms with van der Waals surface area (Å²) < 4.78 is 6.85. The molecule has 1 aromatic rings. The van der Waals surface area contributed by atoms with Crippen molar-refractivity contribution in [1.29, 1.82) is 0 Å². The van der Waals surface area contributed by atoms with E-state index in [2.05, 4.69) is 15.9 Å². The summed E-state index contributed by atoms with van der Waals surface area (Å²) in [5.41, 5.74) is 4.71. The lowest BCUT2D eigenvalue weighted by Gasteiger charge is -2.34. The lowest BCUT2D eigenvalue weighted by Crippen LogP contribution is -2.50. The summed E-state index contributed by atoms with van der Waals surface area (Å²) in [6.45, 7) is 0. The van der Waals surface area contributed by atoms with Gasteiger partial charge in [0.25, 0.3) is 5.91 Å². The van der Waals surface area contributed by atoms with E-state index >= 15 is 0 Å². The number of hydrogen-bond donors (Lipinski definition) is 1. The molecular formula is C13H16BrNO2. The number of amides is 1. The van der Waals surface area contributed by atoms with Crippen LogP contribution in [0, 0.1) is 0 Å². The van der Waals surface area contributed by atoms with Crippen molar-refractivity contribution in [3.05, 3.63) is 28.7 Å². The van der Waals surface area contributed by atoms with E-state index in [4.69, 9.17) is 10.5 Å². The van der Waals surface area contributed by atoms with Gasteiger partial charge in [0.15, 0.2) is 5.60 Å². The van der Waals surface area contributed by atoms with Gasteiger partial charge in [-0.05, 0) is 49.9 Å². The molecule has 0 aromatic heterocycles. The van der Waals surface area contributed by atoms with E-state index in [1.807, 2.05) is 24.3 Å². The Morgan fingerprint density at radius 3 is 2.29 bits per heavy atom. The Bertz CT molecular complexity index is 396. The van der Waals surface area contributed by atoms with Crippen molar-refractivity contribution in [1.82, 2.24) is 0 Å². The van der Waals surface area contributed by atoms with E-state index in [1.54, 1.807) is 0 Å². The molecule has 4 heteroatoms. The molecule has 1 saturated carbocycles. The number of primary amides is 1. The fraction of sp³-hybridized carbons (Fsp3) is 0.462. The van der Waals surface area contributed by atoms with Gasteiger partial charge in [0, 0.05) is 4.47 Å². The number of benzene rings is 1. The Labute approximate surface area is 109 Å². The van der Waals surface area contributed by atoms with Crippen molar-refractivity contribution < 1.29 is 9.53 Å². The fourth-order valence-corrected chi connectivity index (χ4v) is 2.51. The van der Waals surface area contributed by atoms with Gasteiger partial charge in [0.2, 0.25) is 0 Å². The molecule has 0 spiro atoms. The Morgan fingerprint density at radius 1 is 1.18 bits per heavy atom. The van der Waals surface area contributed by atoms with Crippen LogP contribution >= 0.6 is 15.9 Å². The number of nitrogens with two attached hydrogens (primary N) is 1. The van der Waals surface area contributed by atoms with Gasteiger partial charge in [0.05, 0.1) is 0 Å². The zero-order valence-electron chi connectivity index (χ0n) is 9.62. The first kappa shape index (κ1) is 12.4. The Kier molecular flexibility index (Phi) is 3.72. The second-order valence-electron chi connectivity index (χ2n) is 4.48. The average Bonchev–Trinajstić information content (AvgIpc) is 2.33. The summed E-state index contributed by atoms with van der Waals surface area (Å²) in [5, 5.41) is 0. The Morgan fingerprint density at radius 2 is 1.76 bits per heavy atom. The summed E-state index contributed by atoms with van der Waals surface area (Å²) in [6, 6.07) is 7.49. The number of halogens is 1. The van der Waals surface area contributed by atoms with Crippen molar-refractivity contribution in [3.63, 3.8) is 0 Å². The smallest absolute Gasteiger partial charge is 0.261 e. The van der Waals surface area contributed by atoms with Crippen LogP contribution in [0.15, 0.2) is 28.7 Å². The highest BCUT2D eigenvalue weighted by Gasteiger charge is 2.40. The van der Waals surface area contributed by atoms with Crippen LogP contribution < -0.4 is 10.5 Å². The third-order valence-corrected chi connectivity index (χ3v) is 3.77. The van der Waals surface area contributed by atoms with Gasteiger partial charge < -0.3 is 10.5 Å². The summed E-state index contributed by atoms with van der Waals surface area (Å²) in [6.07, 6.45) is 4.59. The average molecular weight is 298 g/mol. The normalized spacial score (nSPS) is 18.6. The van der Waals surface area contributed by atoms with Gasteiger partial charge in [0.1, 0.15) is 5.75 Å². The topological polar surface area (TPSA) is 52.3 Å². The van der Waals surface area contributed by atoms with Gasteiger partial charge in [-0.3, -0.25) is 4.79 Å². The number of rotatable bonds is 3. The van der Waals surface area contributed by atoms with Crippen molar-refractivity contribution in [3.8, 4) is 5.75 Å². The molecule has 1 aliphatic rings. The van der Waals surface area contributed by atoms with E-state index < -0.39 is 5.60 Å². The van der Waals surface area contributed by atoms with Crippen LogP contribution in [0.3, 0.4) is 0 Å². The van der Waals surface area contributed by atoms with E-state index in [0.717, 1.165) is 36.6 Å². The Hall–Kier alpha value is -1.03. The standard InChI is InChI=1S/C13H16BrNO2/c14-10-4-6-11(7-5-10)17-13(12(15)16)8-2-1-3-9-13/h4-7H,1-3,8-9H2,(H2,15,16). The largest absolute Gasteiger partial charge is 0.477 e. The first-order valence-corrected chi connectivity index (χ1v) is 6.66. The number of carbonyl (C=O) groups excluding carboxylic acids is 1. The SMILES string of the molecule is NC(=O)C1(Oc2ccc(Br)cc2)CCCCC1. The predicted octanol–water partition coefficient (Wildman–Crippen LogP) is 3.02. The maximum absolute atomic E-state index is 11.6. The molecule has 1 amide bonds. The van der Waals surface area contributed by atoms with Crippen LogP contribution in [0.5, 0.6) is 5.75 Å². The highest BCUT2D eigenvalue weighted by molar-refractivity contribution is 9.10. The molecule has 0 bridgehead atoms. The van der Waals surface area contributed by atoms with Crippen LogP contribution in [0.4, 0.5) is 0 Å². The zero-order valence-corrected chi connectivity index (χ0v) is 11.2. The molecule has 1 aromatic carbocycles. The number of hydrogen-bond acceptors (Lipinski definition) is 2. The molecule has 1 aliphatic carbocycles. The third kappa shape index (κ3) is 2.80. The molecule has 1 fully saturated rings. The zero-order chi connectivity index (χ0) is 12.3. The van der Waals surface area contributed by atoms with Crippen LogP contribution in [-0.4, -0.2) is 11.5 Å². The van der Waals surface area contributed by atoms with E-state index in [1.165, 1.54) is 0 Å². The van der Waals surface area contributed by atoms with Gasteiger partial charge in [-0.15, -0.1) is 0 Å². The van der Waals surface area contributed by atoms with Crippen LogP contribution in [-0.2, 0) is 4.79 Å². The molecule has 92 valence electrons. The highest BCUT2D eigenvalue weighted by atomic mass is 79.9. The second-order valence-corrected chi connectivity index (χ2v) is 5.39. The fourth-order valence-electron chi connectivity index (χ4n) is 2.25. The summed E-state index contributed by atoms with van der Waals surface area (Å²) >= 11 is 3.37. The lowest BCUT2D eigenvalue weighted by molar-refractivity contribution is -0.136. The molecule has 0 heterocycles. The van der Waals surface area contributed by atoms with Gasteiger partial charge in [-0.1, -0.05) is 22.4 Å². The number of ether oxygens (including phenoxy) is 1. The van der Waals surface area contributed by atoms with E-state index in [-0.39, 0.29) is 5.91 Å².